The summed E-state index contributed by atoms with van der Waals surface area (Å²) in [5.74, 6) is -4.01. The van der Waals surface area contributed by atoms with Crippen LogP contribution < -0.4 is 9.46 Å². The molecule has 0 spiro atoms. The molecule has 32 heavy (non-hydrogen) atoms. The maximum Gasteiger partial charge on any atom is 0.255 e. The van der Waals surface area contributed by atoms with E-state index in [1.807, 2.05) is 0 Å². The number of carbonyl (C=O) groups is 1. The van der Waals surface area contributed by atoms with E-state index in [4.69, 9.17) is 4.74 Å². The Balaban J connectivity index is 1.62. The highest BCUT2D eigenvalue weighted by molar-refractivity contribution is 7.88. The maximum absolute atomic E-state index is 13.9. The molecule has 1 amide bonds. The first-order valence-electron chi connectivity index (χ1n) is 10.6. The number of hydrogen-bond acceptors (Lipinski definition) is 4. The minimum atomic E-state index is -3.55. The van der Waals surface area contributed by atoms with Crippen LogP contribution in [0.15, 0.2) is 24.3 Å². The lowest BCUT2D eigenvalue weighted by atomic mass is 9.83. The summed E-state index contributed by atoms with van der Waals surface area (Å²) in [6.07, 6.45) is -1.24. The molecular formula is C21H28F4N2O4S. The van der Waals surface area contributed by atoms with Gasteiger partial charge >= 0.3 is 0 Å². The quantitative estimate of drug-likeness (QED) is 0.579. The van der Waals surface area contributed by atoms with Crippen molar-refractivity contribution in [2.45, 2.75) is 56.4 Å². The van der Waals surface area contributed by atoms with Gasteiger partial charge in [0.1, 0.15) is 5.75 Å². The third-order valence-electron chi connectivity index (χ3n) is 5.95. The third-order valence-corrected chi connectivity index (χ3v) is 6.68. The van der Waals surface area contributed by atoms with E-state index in [0.717, 1.165) is 6.26 Å². The molecule has 2 fully saturated rings. The number of alkyl halides is 4. The molecule has 11 heteroatoms. The van der Waals surface area contributed by atoms with Crippen molar-refractivity contribution in [3.05, 3.63) is 29.8 Å². The van der Waals surface area contributed by atoms with Crippen LogP contribution in [-0.2, 0) is 14.8 Å². The first-order valence-corrected chi connectivity index (χ1v) is 12.5. The van der Waals surface area contributed by atoms with Crippen LogP contribution in [0.25, 0.3) is 0 Å². The second kappa shape index (κ2) is 9.94. The molecule has 1 aliphatic heterocycles. The lowest BCUT2D eigenvalue weighted by Gasteiger charge is -2.35. The van der Waals surface area contributed by atoms with Crippen LogP contribution >= 0.6 is 0 Å². The van der Waals surface area contributed by atoms with Gasteiger partial charge in [-0.2, -0.15) is 0 Å². The number of nitrogens with one attached hydrogen (secondary N) is 1. The van der Waals surface area contributed by atoms with E-state index in [9.17, 15) is 30.8 Å². The minimum Gasteiger partial charge on any atom is -0.493 e. The Morgan fingerprint density at radius 2 is 1.91 bits per heavy atom. The van der Waals surface area contributed by atoms with Crippen LogP contribution in [0, 0.1) is 5.92 Å². The molecule has 1 aliphatic carbocycles. The summed E-state index contributed by atoms with van der Waals surface area (Å²) in [4.78, 5) is 13.7. The number of carbonyl (C=O) groups excluding carboxylic acids is 1. The number of piperidine rings is 1. The Bertz CT molecular complexity index is 896. The van der Waals surface area contributed by atoms with Crippen LogP contribution in [0.5, 0.6) is 5.75 Å². The Kier molecular flexibility index (Phi) is 7.69. The molecule has 1 heterocycles. The SMILES string of the molecule is CS(=O)(=O)N[C@H]1CCC(F)(F)C[C@@H]1COc1ccc(C2CCCN(CC(F)F)C2=O)cc1. The van der Waals surface area contributed by atoms with Crippen molar-refractivity contribution in [3.63, 3.8) is 0 Å². The largest absolute Gasteiger partial charge is 0.493 e. The molecule has 0 aromatic heterocycles. The zero-order valence-electron chi connectivity index (χ0n) is 17.8. The van der Waals surface area contributed by atoms with Gasteiger partial charge in [0, 0.05) is 31.3 Å². The van der Waals surface area contributed by atoms with Crippen molar-refractivity contribution in [1.29, 1.82) is 0 Å². The lowest BCUT2D eigenvalue weighted by Crippen LogP contribution is -2.48. The topological polar surface area (TPSA) is 75.7 Å². The first kappa shape index (κ1) is 24.8. The van der Waals surface area contributed by atoms with Crippen LogP contribution in [-0.4, -0.2) is 63.6 Å². The monoisotopic (exact) mass is 480 g/mol. The summed E-state index contributed by atoms with van der Waals surface area (Å²) in [5, 5.41) is 0. The van der Waals surface area contributed by atoms with E-state index in [1.54, 1.807) is 24.3 Å². The number of nitrogens with zero attached hydrogens (tertiary/aromatic N) is 1. The summed E-state index contributed by atoms with van der Waals surface area (Å²) in [6, 6.07) is 5.92. The van der Waals surface area contributed by atoms with Crippen LogP contribution in [0.1, 0.15) is 43.6 Å². The Hall–Kier alpha value is -1.88. The fourth-order valence-corrected chi connectivity index (χ4v) is 5.29. The van der Waals surface area contributed by atoms with Crippen LogP contribution in [0.2, 0.25) is 0 Å². The van der Waals surface area contributed by atoms with Crippen LogP contribution in [0.3, 0.4) is 0 Å². The average Bonchev–Trinajstić information content (AvgIpc) is 2.69. The summed E-state index contributed by atoms with van der Waals surface area (Å²) in [5.41, 5.74) is 0.683. The Morgan fingerprint density at radius 3 is 2.53 bits per heavy atom. The number of ether oxygens (including phenoxy) is 1. The van der Waals surface area contributed by atoms with E-state index < -0.39 is 53.2 Å². The van der Waals surface area contributed by atoms with Gasteiger partial charge in [-0.3, -0.25) is 4.79 Å². The van der Waals surface area contributed by atoms with Crippen molar-refractivity contribution in [1.82, 2.24) is 9.62 Å². The third kappa shape index (κ3) is 6.81. The Labute approximate surface area is 185 Å². The van der Waals surface area contributed by atoms with Gasteiger partial charge in [0.2, 0.25) is 21.9 Å². The number of rotatable bonds is 8. The summed E-state index contributed by atoms with van der Waals surface area (Å²) >= 11 is 0. The Morgan fingerprint density at radius 1 is 1.22 bits per heavy atom. The lowest BCUT2D eigenvalue weighted by molar-refractivity contribution is -0.137. The van der Waals surface area contributed by atoms with E-state index in [0.29, 0.717) is 30.7 Å². The van der Waals surface area contributed by atoms with Crippen LogP contribution in [0.4, 0.5) is 17.6 Å². The molecule has 1 unspecified atom stereocenters. The molecule has 6 nitrogen and oxygen atoms in total. The molecule has 1 saturated heterocycles. The van der Waals surface area contributed by atoms with Crippen molar-refractivity contribution >= 4 is 15.9 Å². The molecule has 1 N–H and O–H groups in total. The average molecular weight is 481 g/mol. The number of hydrogen-bond donors (Lipinski definition) is 1. The predicted octanol–water partition coefficient (Wildman–Crippen LogP) is 3.39. The normalized spacial score (nSPS) is 26.4. The molecule has 180 valence electrons. The number of amides is 1. The van der Waals surface area contributed by atoms with Crippen molar-refractivity contribution in [2.24, 2.45) is 5.92 Å². The van der Waals surface area contributed by atoms with E-state index in [-0.39, 0.29) is 25.4 Å². The highest BCUT2D eigenvalue weighted by atomic mass is 32.2. The smallest absolute Gasteiger partial charge is 0.255 e. The maximum atomic E-state index is 13.9. The molecule has 1 aromatic rings. The molecule has 2 aliphatic rings. The summed E-state index contributed by atoms with van der Waals surface area (Å²) in [6.45, 7) is -0.354. The molecule has 1 aromatic carbocycles. The first-order chi connectivity index (χ1) is 14.9. The van der Waals surface area contributed by atoms with Crippen molar-refractivity contribution < 1.29 is 35.5 Å². The fraction of sp³-hybridized carbons (Fsp3) is 0.667. The highest BCUT2D eigenvalue weighted by Crippen LogP contribution is 2.37. The van der Waals surface area contributed by atoms with E-state index in [1.165, 1.54) is 4.90 Å². The van der Waals surface area contributed by atoms with Crippen molar-refractivity contribution in [2.75, 3.05) is 26.0 Å². The van der Waals surface area contributed by atoms with Gasteiger partial charge in [0.15, 0.2) is 0 Å². The van der Waals surface area contributed by atoms with E-state index >= 15 is 0 Å². The summed E-state index contributed by atoms with van der Waals surface area (Å²) < 4.78 is 84.3. The standard InChI is InChI=1S/C21H28F4N2O4S/c1-32(29,30)26-18-8-9-21(24,25)11-15(18)13-31-16-6-4-14(5-7-16)17-3-2-10-27(20(17)28)12-19(22)23/h4-7,15,17-19,26H,2-3,8-13H2,1H3/t15-,17?,18+/m1/s1. The molecule has 3 atom stereocenters. The van der Waals surface area contributed by atoms with Gasteiger partial charge in [0.05, 0.1) is 25.3 Å². The summed E-state index contributed by atoms with van der Waals surface area (Å²) in [7, 11) is -3.55. The van der Waals surface area contributed by atoms with Gasteiger partial charge < -0.3 is 9.64 Å². The number of likely N-dealkylation sites (tertiary alicyclic amines) is 1. The zero-order chi connectivity index (χ0) is 23.5. The fourth-order valence-electron chi connectivity index (χ4n) is 4.43. The molecular weight excluding hydrogens is 452 g/mol. The molecule has 0 radical (unpaired) electrons. The number of sulfonamides is 1. The second-order valence-electron chi connectivity index (χ2n) is 8.61. The number of benzene rings is 1. The highest BCUT2D eigenvalue weighted by Gasteiger charge is 2.42. The molecule has 0 bridgehead atoms. The van der Waals surface area contributed by atoms with Gasteiger partial charge in [-0.05, 0) is 37.0 Å². The van der Waals surface area contributed by atoms with Gasteiger partial charge in [-0.1, -0.05) is 12.1 Å². The second-order valence-corrected chi connectivity index (χ2v) is 10.4. The minimum absolute atomic E-state index is 0.0198. The van der Waals surface area contributed by atoms with Gasteiger partial charge in [-0.15, -0.1) is 0 Å². The van der Waals surface area contributed by atoms with Gasteiger partial charge in [-0.25, -0.2) is 30.7 Å². The number of halogens is 4. The van der Waals surface area contributed by atoms with Crippen molar-refractivity contribution in [3.8, 4) is 5.75 Å². The van der Waals surface area contributed by atoms with E-state index in [2.05, 4.69) is 4.72 Å². The molecule has 1 saturated carbocycles. The predicted molar refractivity (Wildman–Crippen MR) is 111 cm³/mol. The zero-order valence-corrected chi connectivity index (χ0v) is 18.6. The molecule has 3 rings (SSSR count). The van der Waals surface area contributed by atoms with Gasteiger partial charge in [0.25, 0.3) is 6.43 Å².